The summed E-state index contributed by atoms with van der Waals surface area (Å²) in [5.41, 5.74) is -0.164. The van der Waals surface area contributed by atoms with Crippen LogP contribution in [0.5, 0.6) is 5.75 Å². The SMILES string of the molecule is COc1ccc(C(=O)OC(C)Cl)cc1. The fraction of sp³-hybridized carbons (Fsp3) is 0.300. The molecule has 0 spiro atoms. The van der Waals surface area contributed by atoms with Gasteiger partial charge in [-0.05, 0) is 31.2 Å². The van der Waals surface area contributed by atoms with Crippen LogP contribution in [0.3, 0.4) is 0 Å². The topological polar surface area (TPSA) is 35.5 Å². The fourth-order valence-electron chi connectivity index (χ4n) is 0.943. The van der Waals surface area contributed by atoms with Crippen molar-refractivity contribution in [3.8, 4) is 5.75 Å². The Morgan fingerprint density at radius 1 is 1.36 bits per heavy atom. The van der Waals surface area contributed by atoms with Crippen molar-refractivity contribution in [3.63, 3.8) is 0 Å². The molecule has 0 N–H and O–H groups in total. The summed E-state index contributed by atoms with van der Waals surface area (Å²) in [4.78, 5) is 11.3. The van der Waals surface area contributed by atoms with Crippen molar-refractivity contribution >= 4 is 17.6 Å². The summed E-state index contributed by atoms with van der Waals surface area (Å²) in [6.45, 7) is 1.59. The second-order valence-electron chi connectivity index (χ2n) is 2.68. The van der Waals surface area contributed by atoms with E-state index in [1.54, 1.807) is 38.3 Å². The van der Waals surface area contributed by atoms with Crippen LogP contribution >= 0.6 is 11.6 Å². The van der Waals surface area contributed by atoms with Gasteiger partial charge in [-0.3, -0.25) is 0 Å². The summed E-state index contributed by atoms with van der Waals surface area (Å²) >= 11 is 5.51. The molecule has 0 aliphatic carbocycles. The van der Waals surface area contributed by atoms with Crippen LogP contribution in [0.4, 0.5) is 0 Å². The van der Waals surface area contributed by atoms with Crippen LogP contribution in [-0.4, -0.2) is 18.6 Å². The summed E-state index contributed by atoms with van der Waals surface area (Å²) in [7, 11) is 1.56. The number of ether oxygens (including phenoxy) is 2. The van der Waals surface area contributed by atoms with Gasteiger partial charge in [-0.25, -0.2) is 4.79 Å². The molecule has 0 aliphatic heterocycles. The average Bonchev–Trinajstić information content (AvgIpc) is 2.17. The van der Waals surface area contributed by atoms with Gasteiger partial charge in [0.15, 0.2) is 5.56 Å². The van der Waals surface area contributed by atoms with Gasteiger partial charge >= 0.3 is 5.97 Å². The molecule has 0 aliphatic rings. The number of alkyl halides is 1. The highest BCUT2D eigenvalue weighted by atomic mass is 35.5. The van der Waals surface area contributed by atoms with Crippen LogP contribution in [0.25, 0.3) is 0 Å². The molecule has 0 heterocycles. The molecule has 0 bridgehead atoms. The molecular formula is C10H11ClO3. The van der Waals surface area contributed by atoms with Crippen molar-refractivity contribution < 1.29 is 14.3 Å². The maximum atomic E-state index is 11.3. The summed E-state index contributed by atoms with van der Waals surface area (Å²) in [6.07, 6.45) is 0. The average molecular weight is 215 g/mol. The lowest BCUT2D eigenvalue weighted by atomic mass is 10.2. The molecule has 1 atom stereocenters. The van der Waals surface area contributed by atoms with Gasteiger partial charge < -0.3 is 9.47 Å². The van der Waals surface area contributed by atoms with Crippen LogP contribution in [0, 0.1) is 0 Å². The standard InChI is InChI=1S/C10H11ClO3/c1-7(11)14-10(12)8-3-5-9(13-2)6-4-8/h3-7H,1-2H3. The Morgan fingerprint density at radius 3 is 2.36 bits per heavy atom. The van der Waals surface area contributed by atoms with Crippen molar-refractivity contribution in [2.75, 3.05) is 7.11 Å². The Bertz CT molecular complexity index is 306. The van der Waals surface area contributed by atoms with E-state index in [0.717, 1.165) is 0 Å². The lowest BCUT2D eigenvalue weighted by Gasteiger charge is -2.06. The summed E-state index contributed by atoms with van der Waals surface area (Å²) < 4.78 is 9.75. The smallest absolute Gasteiger partial charge is 0.339 e. The van der Waals surface area contributed by atoms with Crippen LogP contribution in [-0.2, 0) is 4.74 Å². The van der Waals surface area contributed by atoms with E-state index < -0.39 is 11.5 Å². The van der Waals surface area contributed by atoms with E-state index in [2.05, 4.69) is 0 Å². The molecule has 1 aromatic carbocycles. The predicted octanol–water partition coefficient (Wildman–Crippen LogP) is 2.44. The first-order valence-corrected chi connectivity index (χ1v) is 4.56. The van der Waals surface area contributed by atoms with Gasteiger partial charge in [-0.1, -0.05) is 11.6 Å². The number of hydrogen-bond donors (Lipinski definition) is 0. The van der Waals surface area contributed by atoms with Crippen molar-refractivity contribution in [1.82, 2.24) is 0 Å². The number of benzene rings is 1. The third-order valence-corrected chi connectivity index (χ3v) is 1.68. The summed E-state index contributed by atoms with van der Waals surface area (Å²) in [6, 6.07) is 6.63. The zero-order valence-electron chi connectivity index (χ0n) is 7.99. The first-order chi connectivity index (χ1) is 6.63. The molecule has 0 fully saturated rings. The predicted molar refractivity (Wildman–Crippen MR) is 53.7 cm³/mol. The van der Waals surface area contributed by atoms with Crippen LogP contribution in [0.1, 0.15) is 17.3 Å². The second kappa shape index (κ2) is 4.86. The lowest BCUT2D eigenvalue weighted by Crippen LogP contribution is -2.09. The second-order valence-corrected chi connectivity index (χ2v) is 3.29. The first-order valence-electron chi connectivity index (χ1n) is 4.12. The van der Waals surface area contributed by atoms with Crippen LogP contribution in [0.15, 0.2) is 24.3 Å². The van der Waals surface area contributed by atoms with E-state index in [1.165, 1.54) is 0 Å². The normalized spacial score (nSPS) is 11.9. The molecule has 76 valence electrons. The molecule has 0 radical (unpaired) electrons. The molecule has 3 nitrogen and oxygen atoms in total. The van der Waals surface area contributed by atoms with Gasteiger partial charge in [0.1, 0.15) is 5.75 Å². The summed E-state index contributed by atoms with van der Waals surface area (Å²) in [5, 5.41) is 0. The third-order valence-electron chi connectivity index (χ3n) is 1.60. The van der Waals surface area contributed by atoms with Crippen molar-refractivity contribution in [1.29, 1.82) is 0 Å². The third kappa shape index (κ3) is 2.92. The van der Waals surface area contributed by atoms with Crippen LogP contribution < -0.4 is 4.74 Å². The largest absolute Gasteiger partial charge is 0.497 e. The highest BCUT2D eigenvalue weighted by molar-refractivity contribution is 6.20. The lowest BCUT2D eigenvalue weighted by molar-refractivity contribution is 0.0472. The molecule has 0 saturated carbocycles. The van der Waals surface area contributed by atoms with E-state index in [-0.39, 0.29) is 0 Å². The van der Waals surface area contributed by atoms with Gasteiger partial charge in [0.05, 0.1) is 12.7 Å². The Balaban J connectivity index is 2.71. The molecule has 1 rings (SSSR count). The molecule has 0 amide bonds. The van der Waals surface area contributed by atoms with Crippen LogP contribution in [0.2, 0.25) is 0 Å². The number of esters is 1. The number of rotatable bonds is 3. The van der Waals surface area contributed by atoms with E-state index >= 15 is 0 Å². The zero-order valence-corrected chi connectivity index (χ0v) is 8.75. The van der Waals surface area contributed by atoms with Gasteiger partial charge in [0.2, 0.25) is 0 Å². The van der Waals surface area contributed by atoms with E-state index in [0.29, 0.717) is 11.3 Å². The molecule has 1 unspecified atom stereocenters. The van der Waals surface area contributed by atoms with Gasteiger partial charge in [-0.2, -0.15) is 0 Å². The van der Waals surface area contributed by atoms with Gasteiger partial charge in [-0.15, -0.1) is 0 Å². The minimum atomic E-state index is -0.621. The maximum Gasteiger partial charge on any atom is 0.339 e. The Kier molecular flexibility index (Phi) is 3.77. The highest BCUT2D eigenvalue weighted by Gasteiger charge is 2.09. The molecular weight excluding hydrogens is 204 g/mol. The molecule has 14 heavy (non-hydrogen) atoms. The highest BCUT2D eigenvalue weighted by Crippen LogP contribution is 2.13. The summed E-state index contributed by atoms with van der Waals surface area (Å²) in [5.74, 6) is 0.260. The minimum Gasteiger partial charge on any atom is -0.497 e. The van der Waals surface area contributed by atoms with Gasteiger partial charge in [0.25, 0.3) is 0 Å². The number of carbonyl (C=O) groups excluding carboxylic acids is 1. The first kappa shape index (κ1) is 10.9. The molecule has 0 saturated heterocycles. The quantitative estimate of drug-likeness (QED) is 0.573. The van der Waals surface area contributed by atoms with Gasteiger partial charge in [0, 0.05) is 0 Å². The Labute approximate surface area is 87.6 Å². The molecule has 1 aromatic rings. The Hall–Kier alpha value is -1.22. The minimum absolute atomic E-state index is 0.435. The molecule has 0 aromatic heterocycles. The molecule has 4 heteroatoms. The monoisotopic (exact) mass is 214 g/mol. The number of methoxy groups -OCH3 is 1. The van der Waals surface area contributed by atoms with E-state index in [9.17, 15) is 4.79 Å². The van der Waals surface area contributed by atoms with Crippen molar-refractivity contribution in [2.45, 2.75) is 12.5 Å². The number of halogens is 1. The fourth-order valence-corrected chi connectivity index (χ4v) is 1.02. The van der Waals surface area contributed by atoms with E-state index in [4.69, 9.17) is 21.1 Å². The maximum absolute atomic E-state index is 11.3. The Morgan fingerprint density at radius 2 is 1.93 bits per heavy atom. The van der Waals surface area contributed by atoms with Crippen molar-refractivity contribution in [2.24, 2.45) is 0 Å². The van der Waals surface area contributed by atoms with Crippen molar-refractivity contribution in [3.05, 3.63) is 29.8 Å². The number of hydrogen-bond acceptors (Lipinski definition) is 3. The zero-order chi connectivity index (χ0) is 10.6. The number of carbonyl (C=O) groups is 1. The van der Waals surface area contributed by atoms with E-state index in [1.807, 2.05) is 0 Å².